The average molecular weight is 373 g/mol. The van der Waals surface area contributed by atoms with Gasteiger partial charge in [0, 0.05) is 4.47 Å². The molecule has 0 aliphatic rings. The minimum atomic E-state index is -3.54. The van der Waals surface area contributed by atoms with Gasteiger partial charge in [0.2, 0.25) is 10.0 Å². The maximum Gasteiger partial charge on any atom is 0.337 e. The molecule has 2 N–H and O–H groups in total. The van der Waals surface area contributed by atoms with Crippen LogP contribution in [0.4, 0.5) is 5.69 Å². The fraction of sp³-hybridized carbons (Fsp3) is 0.125. The van der Waals surface area contributed by atoms with E-state index in [1.54, 1.807) is 0 Å². The number of carboxylic acid groups (broad SMARTS) is 1. The first kappa shape index (κ1) is 13.5. The highest BCUT2D eigenvalue weighted by molar-refractivity contribution is 9.13. The molecule has 0 bridgehead atoms. The van der Waals surface area contributed by atoms with Crippen molar-refractivity contribution in [2.45, 2.75) is 0 Å². The lowest BCUT2D eigenvalue weighted by Gasteiger charge is -2.11. The minimum absolute atomic E-state index is 0.00405. The van der Waals surface area contributed by atoms with Crippen molar-refractivity contribution in [1.82, 2.24) is 0 Å². The Bertz CT molecular complexity index is 541. The summed E-state index contributed by atoms with van der Waals surface area (Å²) in [6, 6.07) is 2.83. The molecule has 0 saturated heterocycles. The number of hydrogen-bond donors (Lipinski definition) is 2. The second-order valence-electron chi connectivity index (χ2n) is 2.96. The van der Waals surface area contributed by atoms with Crippen LogP contribution in [0.3, 0.4) is 0 Å². The van der Waals surface area contributed by atoms with Gasteiger partial charge in [-0.25, -0.2) is 13.2 Å². The molecule has 1 aromatic carbocycles. The van der Waals surface area contributed by atoms with E-state index in [9.17, 15) is 13.2 Å². The number of nitrogens with one attached hydrogen (secondary N) is 1. The zero-order valence-corrected chi connectivity index (χ0v) is 12.0. The highest BCUT2D eigenvalue weighted by Gasteiger charge is 2.17. The number of sulfonamides is 1. The van der Waals surface area contributed by atoms with E-state index in [4.69, 9.17) is 5.11 Å². The third-order valence-corrected chi connectivity index (χ3v) is 4.20. The standard InChI is InChI=1S/C8H7Br2NO4S/c1-16(14,15)11-7-4(8(12)13)2-3-5(9)6(7)10/h2-3,11H,1H3,(H,12,13). The van der Waals surface area contributed by atoms with Gasteiger partial charge in [-0.1, -0.05) is 0 Å². The topological polar surface area (TPSA) is 83.5 Å². The predicted octanol–water partition coefficient (Wildman–Crippen LogP) is 2.28. The average Bonchev–Trinajstić information content (AvgIpc) is 2.10. The number of anilines is 1. The Morgan fingerprint density at radius 3 is 2.38 bits per heavy atom. The van der Waals surface area contributed by atoms with Gasteiger partial charge in [0.1, 0.15) is 0 Å². The summed E-state index contributed by atoms with van der Waals surface area (Å²) in [5, 5.41) is 8.91. The molecule has 0 spiro atoms. The van der Waals surface area contributed by atoms with Crippen molar-refractivity contribution < 1.29 is 18.3 Å². The van der Waals surface area contributed by atoms with Crippen molar-refractivity contribution in [2.75, 3.05) is 11.0 Å². The SMILES string of the molecule is CS(=O)(=O)Nc1c(C(=O)O)ccc(Br)c1Br. The number of carbonyl (C=O) groups is 1. The minimum Gasteiger partial charge on any atom is -0.478 e. The largest absolute Gasteiger partial charge is 0.478 e. The molecule has 8 heteroatoms. The summed E-state index contributed by atoms with van der Waals surface area (Å²) in [5.74, 6) is -1.21. The maximum absolute atomic E-state index is 11.1. The molecule has 0 saturated carbocycles. The summed E-state index contributed by atoms with van der Waals surface area (Å²) in [6.45, 7) is 0. The van der Waals surface area contributed by atoms with Crippen LogP contribution in [0.15, 0.2) is 21.1 Å². The Labute approximate surface area is 109 Å². The molecule has 0 aromatic heterocycles. The second-order valence-corrected chi connectivity index (χ2v) is 6.36. The Kier molecular flexibility index (Phi) is 3.97. The Morgan fingerprint density at radius 1 is 1.38 bits per heavy atom. The number of hydrogen-bond acceptors (Lipinski definition) is 3. The highest BCUT2D eigenvalue weighted by Crippen LogP contribution is 2.34. The van der Waals surface area contributed by atoms with Crippen LogP contribution in [0.25, 0.3) is 0 Å². The first-order valence-electron chi connectivity index (χ1n) is 3.91. The maximum atomic E-state index is 11.1. The molecule has 0 radical (unpaired) electrons. The molecule has 16 heavy (non-hydrogen) atoms. The van der Waals surface area contributed by atoms with Crippen LogP contribution in [-0.4, -0.2) is 25.7 Å². The van der Waals surface area contributed by atoms with Crippen LogP contribution in [0.5, 0.6) is 0 Å². The number of carboxylic acids is 1. The fourth-order valence-electron chi connectivity index (χ4n) is 1.01. The van der Waals surface area contributed by atoms with E-state index in [1.165, 1.54) is 12.1 Å². The number of halogens is 2. The van der Waals surface area contributed by atoms with Gasteiger partial charge in [-0.05, 0) is 44.0 Å². The molecule has 1 rings (SSSR count). The van der Waals surface area contributed by atoms with Gasteiger partial charge in [0.05, 0.1) is 22.0 Å². The normalized spacial score (nSPS) is 11.2. The first-order valence-corrected chi connectivity index (χ1v) is 7.39. The van der Waals surface area contributed by atoms with Crippen molar-refractivity contribution in [1.29, 1.82) is 0 Å². The van der Waals surface area contributed by atoms with Crippen molar-refractivity contribution in [3.63, 3.8) is 0 Å². The van der Waals surface area contributed by atoms with E-state index >= 15 is 0 Å². The molecule has 5 nitrogen and oxygen atoms in total. The molecule has 1 aromatic rings. The van der Waals surface area contributed by atoms with Crippen LogP contribution in [-0.2, 0) is 10.0 Å². The highest BCUT2D eigenvalue weighted by atomic mass is 79.9. The summed E-state index contributed by atoms with van der Waals surface area (Å²) in [7, 11) is -3.54. The number of benzene rings is 1. The molecule has 0 unspecified atom stereocenters. The summed E-state index contributed by atoms with van der Waals surface area (Å²) >= 11 is 6.28. The molecule has 0 heterocycles. The quantitative estimate of drug-likeness (QED) is 0.852. The van der Waals surface area contributed by atoms with Gasteiger partial charge >= 0.3 is 5.97 Å². The summed E-state index contributed by atoms with van der Waals surface area (Å²) in [5.41, 5.74) is -0.120. The van der Waals surface area contributed by atoms with Crippen LogP contribution in [0.1, 0.15) is 10.4 Å². The first-order chi connectivity index (χ1) is 7.22. The van der Waals surface area contributed by atoms with Gasteiger partial charge in [0.25, 0.3) is 0 Å². The van der Waals surface area contributed by atoms with E-state index in [-0.39, 0.29) is 11.3 Å². The summed E-state index contributed by atoms with van der Waals surface area (Å²) in [6.07, 6.45) is 0.950. The lowest BCUT2D eigenvalue weighted by atomic mass is 10.2. The van der Waals surface area contributed by atoms with Crippen LogP contribution in [0, 0.1) is 0 Å². The van der Waals surface area contributed by atoms with Crippen molar-refractivity contribution in [2.24, 2.45) is 0 Å². The van der Waals surface area contributed by atoms with E-state index in [2.05, 4.69) is 36.6 Å². The molecule has 0 fully saturated rings. The van der Waals surface area contributed by atoms with Crippen LogP contribution in [0.2, 0.25) is 0 Å². The summed E-state index contributed by atoms with van der Waals surface area (Å²) in [4.78, 5) is 10.9. The Balaban J connectivity index is 3.44. The van der Waals surface area contributed by atoms with E-state index < -0.39 is 16.0 Å². The van der Waals surface area contributed by atoms with Gasteiger partial charge in [0.15, 0.2) is 0 Å². The van der Waals surface area contributed by atoms with Crippen molar-refractivity contribution >= 4 is 53.5 Å². The molecular formula is C8H7Br2NO4S. The summed E-state index contributed by atoms with van der Waals surface area (Å²) < 4.78 is 25.3. The van der Waals surface area contributed by atoms with Gasteiger partial charge < -0.3 is 5.11 Å². The van der Waals surface area contributed by atoms with Gasteiger partial charge in [-0.15, -0.1) is 0 Å². The van der Waals surface area contributed by atoms with Gasteiger partial charge in [-0.2, -0.15) is 0 Å². The molecule has 0 atom stereocenters. The Morgan fingerprint density at radius 2 is 1.94 bits per heavy atom. The molecular weight excluding hydrogens is 366 g/mol. The van der Waals surface area contributed by atoms with Gasteiger partial charge in [-0.3, -0.25) is 4.72 Å². The molecule has 0 amide bonds. The zero-order valence-electron chi connectivity index (χ0n) is 7.99. The molecule has 0 aliphatic heterocycles. The van der Waals surface area contributed by atoms with E-state index in [1.807, 2.05) is 0 Å². The predicted molar refractivity (Wildman–Crippen MR) is 67.3 cm³/mol. The monoisotopic (exact) mass is 371 g/mol. The van der Waals surface area contributed by atoms with Crippen molar-refractivity contribution in [3.05, 3.63) is 26.6 Å². The molecule has 0 aliphatic carbocycles. The third-order valence-electron chi connectivity index (χ3n) is 1.61. The Hall–Kier alpha value is -0.600. The van der Waals surface area contributed by atoms with Crippen LogP contribution < -0.4 is 4.72 Å². The van der Waals surface area contributed by atoms with E-state index in [0.717, 1.165) is 6.26 Å². The number of aromatic carboxylic acids is 1. The second kappa shape index (κ2) is 4.72. The van der Waals surface area contributed by atoms with E-state index in [0.29, 0.717) is 8.95 Å². The van der Waals surface area contributed by atoms with Crippen LogP contribution >= 0.6 is 31.9 Å². The third kappa shape index (κ3) is 3.19. The smallest absolute Gasteiger partial charge is 0.337 e. The molecule has 88 valence electrons. The lowest BCUT2D eigenvalue weighted by molar-refractivity contribution is 0.0698. The lowest BCUT2D eigenvalue weighted by Crippen LogP contribution is -2.14. The fourth-order valence-corrected chi connectivity index (χ4v) is 2.50. The number of rotatable bonds is 3. The zero-order chi connectivity index (χ0) is 12.5. The van der Waals surface area contributed by atoms with Crippen molar-refractivity contribution in [3.8, 4) is 0 Å².